The van der Waals surface area contributed by atoms with E-state index in [0.717, 1.165) is 6.42 Å². The maximum atomic E-state index is 11.9. The number of nitrogens with zero attached hydrogens (tertiary/aromatic N) is 1. The van der Waals surface area contributed by atoms with Gasteiger partial charge in [-0.2, -0.15) is 0 Å². The van der Waals surface area contributed by atoms with E-state index < -0.39 is 11.9 Å². The number of nitrogens with one attached hydrogen (secondary N) is 1. The van der Waals surface area contributed by atoms with Crippen LogP contribution in [0.15, 0.2) is 0 Å². The Bertz CT molecular complexity index is 271. The summed E-state index contributed by atoms with van der Waals surface area (Å²) in [6.07, 6.45) is 1.25. The molecule has 6 heteroatoms. The molecular weight excluding hydrogens is 222 g/mol. The number of hydrogen-bond donors (Lipinski definition) is 2. The first-order valence-electron chi connectivity index (χ1n) is 6.04. The first-order chi connectivity index (χ1) is 8.16. The average Bonchev–Trinajstić information content (AvgIpc) is 2.34. The number of ether oxygens (including phenoxy) is 1. The maximum absolute atomic E-state index is 11.9. The zero-order chi connectivity index (χ0) is 12.7. The molecule has 1 rings (SSSR count). The highest BCUT2D eigenvalue weighted by molar-refractivity contribution is 5.87. The third kappa shape index (κ3) is 4.32. The molecule has 1 aliphatic heterocycles. The summed E-state index contributed by atoms with van der Waals surface area (Å²) in [7, 11) is 0. The van der Waals surface area contributed by atoms with Crippen molar-refractivity contribution < 1.29 is 14.3 Å². The van der Waals surface area contributed by atoms with E-state index in [9.17, 15) is 9.59 Å². The molecule has 1 heterocycles. The second-order valence-electron chi connectivity index (χ2n) is 4.07. The first-order valence-corrected chi connectivity index (χ1v) is 6.04. The summed E-state index contributed by atoms with van der Waals surface area (Å²) >= 11 is 0. The van der Waals surface area contributed by atoms with E-state index in [-0.39, 0.29) is 5.91 Å². The van der Waals surface area contributed by atoms with Crippen molar-refractivity contribution in [2.75, 3.05) is 32.8 Å². The third-order valence-electron chi connectivity index (χ3n) is 2.70. The Morgan fingerprint density at radius 3 is 2.88 bits per heavy atom. The van der Waals surface area contributed by atoms with Crippen LogP contribution in [0, 0.1) is 0 Å². The highest BCUT2D eigenvalue weighted by Crippen LogP contribution is 2.05. The van der Waals surface area contributed by atoms with Gasteiger partial charge in [-0.15, -0.1) is 0 Å². The molecule has 0 aromatic carbocycles. The first kappa shape index (κ1) is 13.9. The van der Waals surface area contributed by atoms with E-state index in [1.54, 1.807) is 4.90 Å². The van der Waals surface area contributed by atoms with Crippen LogP contribution >= 0.6 is 0 Å². The van der Waals surface area contributed by atoms with Crippen LogP contribution in [0.25, 0.3) is 0 Å². The minimum absolute atomic E-state index is 0.0635. The number of hydrogen-bond acceptors (Lipinski definition) is 4. The van der Waals surface area contributed by atoms with Gasteiger partial charge in [-0.25, -0.2) is 0 Å². The normalized spacial score (nSPS) is 20.3. The minimum atomic E-state index is -0.526. The highest BCUT2D eigenvalue weighted by atomic mass is 16.5. The molecule has 1 fully saturated rings. The largest absolute Gasteiger partial charge is 0.381 e. The predicted molar refractivity (Wildman–Crippen MR) is 63.3 cm³/mol. The Morgan fingerprint density at radius 1 is 1.47 bits per heavy atom. The highest BCUT2D eigenvalue weighted by Gasteiger charge is 2.29. The summed E-state index contributed by atoms with van der Waals surface area (Å²) in [6.45, 7) is 4.75. The molecule has 0 aromatic heterocycles. The van der Waals surface area contributed by atoms with Crippen LogP contribution in [0.3, 0.4) is 0 Å². The monoisotopic (exact) mass is 243 g/mol. The molecular formula is C11H21N3O3. The molecule has 1 unspecified atom stereocenters. The van der Waals surface area contributed by atoms with Gasteiger partial charge in [0, 0.05) is 26.2 Å². The van der Waals surface area contributed by atoms with Gasteiger partial charge in [-0.1, -0.05) is 6.92 Å². The van der Waals surface area contributed by atoms with Gasteiger partial charge in [-0.05, 0) is 6.42 Å². The Morgan fingerprint density at radius 2 is 2.24 bits per heavy atom. The quantitative estimate of drug-likeness (QED) is 0.591. The molecule has 2 amide bonds. The van der Waals surface area contributed by atoms with Crippen LogP contribution in [-0.4, -0.2) is 55.6 Å². The Balaban J connectivity index is 2.39. The van der Waals surface area contributed by atoms with Gasteiger partial charge in [0.15, 0.2) is 0 Å². The predicted octanol–water partition coefficient (Wildman–Crippen LogP) is -0.911. The molecule has 98 valence electrons. The van der Waals surface area contributed by atoms with Crippen molar-refractivity contribution >= 4 is 11.8 Å². The van der Waals surface area contributed by atoms with Gasteiger partial charge in [0.2, 0.25) is 11.8 Å². The number of nitrogens with two attached hydrogens (primary N) is 1. The van der Waals surface area contributed by atoms with Gasteiger partial charge in [-0.3, -0.25) is 9.59 Å². The van der Waals surface area contributed by atoms with Gasteiger partial charge in [0.1, 0.15) is 6.04 Å². The van der Waals surface area contributed by atoms with E-state index in [2.05, 4.69) is 5.32 Å². The van der Waals surface area contributed by atoms with Crippen LogP contribution in [0.2, 0.25) is 0 Å². The molecule has 6 nitrogen and oxygen atoms in total. The van der Waals surface area contributed by atoms with E-state index in [1.165, 1.54) is 0 Å². The van der Waals surface area contributed by atoms with Crippen molar-refractivity contribution in [2.45, 2.75) is 25.8 Å². The van der Waals surface area contributed by atoms with E-state index in [0.29, 0.717) is 39.3 Å². The van der Waals surface area contributed by atoms with Crippen molar-refractivity contribution in [3.63, 3.8) is 0 Å². The van der Waals surface area contributed by atoms with E-state index >= 15 is 0 Å². The molecule has 17 heavy (non-hydrogen) atoms. The zero-order valence-corrected chi connectivity index (χ0v) is 10.3. The topological polar surface area (TPSA) is 84.7 Å². The summed E-state index contributed by atoms with van der Waals surface area (Å²) in [5.74, 6) is -0.522. The van der Waals surface area contributed by atoms with Crippen molar-refractivity contribution in [2.24, 2.45) is 5.73 Å². The molecule has 0 radical (unpaired) electrons. The van der Waals surface area contributed by atoms with Crippen molar-refractivity contribution in [1.29, 1.82) is 0 Å². The number of amides is 2. The van der Waals surface area contributed by atoms with Gasteiger partial charge in [0.25, 0.3) is 0 Å². The van der Waals surface area contributed by atoms with Crippen LogP contribution in [0.1, 0.15) is 19.8 Å². The molecule has 0 spiro atoms. The van der Waals surface area contributed by atoms with Crippen LogP contribution in [-0.2, 0) is 14.3 Å². The van der Waals surface area contributed by atoms with Crippen LogP contribution < -0.4 is 11.1 Å². The molecule has 1 saturated heterocycles. The molecule has 1 aliphatic rings. The molecule has 1 atom stereocenters. The van der Waals surface area contributed by atoms with Crippen molar-refractivity contribution in [1.82, 2.24) is 10.2 Å². The molecule has 3 N–H and O–H groups in total. The molecule has 0 aliphatic carbocycles. The zero-order valence-electron chi connectivity index (χ0n) is 10.3. The lowest BCUT2D eigenvalue weighted by Crippen LogP contribution is -2.58. The number of rotatable bonds is 6. The van der Waals surface area contributed by atoms with Gasteiger partial charge >= 0.3 is 0 Å². The minimum Gasteiger partial charge on any atom is -0.381 e. The Hall–Kier alpha value is -1.14. The Labute approximate surface area is 101 Å². The van der Waals surface area contributed by atoms with Crippen molar-refractivity contribution in [3.8, 4) is 0 Å². The number of piperazine rings is 1. The lowest BCUT2D eigenvalue weighted by molar-refractivity contribution is -0.141. The smallest absolute Gasteiger partial charge is 0.241 e. The molecule has 0 saturated carbocycles. The summed E-state index contributed by atoms with van der Waals surface area (Å²) < 4.78 is 5.26. The summed E-state index contributed by atoms with van der Waals surface area (Å²) in [6, 6.07) is -0.526. The summed E-state index contributed by atoms with van der Waals surface area (Å²) in [4.78, 5) is 24.6. The second-order valence-corrected chi connectivity index (χ2v) is 4.07. The Kier molecular flexibility index (Phi) is 5.93. The lowest BCUT2D eigenvalue weighted by Gasteiger charge is -2.34. The average molecular weight is 243 g/mol. The van der Waals surface area contributed by atoms with Crippen molar-refractivity contribution in [3.05, 3.63) is 0 Å². The fourth-order valence-electron chi connectivity index (χ4n) is 1.81. The van der Waals surface area contributed by atoms with Crippen LogP contribution in [0.5, 0.6) is 0 Å². The number of carbonyl (C=O) groups is 2. The molecule has 0 bridgehead atoms. The third-order valence-corrected chi connectivity index (χ3v) is 2.70. The SMILES string of the molecule is CCCOCCC(=O)N1CCNCC1C(N)=O. The summed E-state index contributed by atoms with van der Waals surface area (Å²) in [5, 5.41) is 3.05. The molecule has 0 aromatic rings. The maximum Gasteiger partial charge on any atom is 0.241 e. The van der Waals surface area contributed by atoms with Gasteiger partial charge in [0.05, 0.1) is 13.0 Å². The number of carbonyl (C=O) groups excluding carboxylic acids is 2. The fourth-order valence-corrected chi connectivity index (χ4v) is 1.81. The van der Waals surface area contributed by atoms with E-state index in [4.69, 9.17) is 10.5 Å². The summed E-state index contributed by atoms with van der Waals surface area (Å²) in [5.41, 5.74) is 5.27. The second kappa shape index (κ2) is 7.24. The number of primary amides is 1. The lowest BCUT2D eigenvalue weighted by atomic mass is 10.1. The van der Waals surface area contributed by atoms with E-state index in [1.807, 2.05) is 6.92 Å². The van der Waals surface area contributed by atoms with Gasteiger partial charge < -0.3 is 20.7 Å². The fraction of sp³-hybridized carbons (Fsp3) is 0.818. The van der Waals surface area contributed by atoms with Crippen LogP contribution in [0.4, 0.5) is 0 Å². The standard InChI is InChI=1S/C11H21N3O3/c1-2-6-17-7-3-10(15)14-5-4-13-8-9(14)11(12)16/h9,13H,2-8H2,1H3,(H2,12,16).